The number of hydrogen-bond donors (Lipinski definition) is 2. The van der Waals surface area contributed by atoms with Gasteiger partial charge < -0.3 is 9.64 Å². The van der Waals surface area contributed by atoms with Crippen molar-refractivity contribution in [3.63, 3.8) is 0 Å². The molecule has 1 fully saturated rings. The molecular weight excluding hydrogens is 180 g/mol. The van der Waals surface area contributed by atoms with Gasteiger partial charge in [-0.1, -0.05) is 6.92 Å². The lowest BCUT2D eigenvalue weighted by atomic mass is 10.2. The minimum Gasteiger partial charge on any atom is -0.383 e. The number of guanidine groups is 1. The third-order valence-electron chi connectivity index (χ3n) is 2.41. The van der Waals surface area contributed by atoms with Crippen LogP contribution >= 0.6 is 0 Å². The minimum atomic E-state index is 0.634. The molecule has 82 valence electrons. The lowest BCUT2D eigenvalue weighted by Crippen LogP contribution is -2.43. The first kappa shape index (κ1) is 11.3. The van der Waals surface area contributed by atoms with Crippen LogP contribution in [0.5, 0.6) is 0 Å². The van der Waals surface area contributed by atoms with E-state index in [0.29, 0.717) is 13.2 Å². The molecule has 1 saturated heterocycles. The number of nitrogens with two attached hydrogens (primary N) is 1. The summed E-state index contributed by atoms with van der Waals surface area (Å²) >= 11 is 0. The Labute approximate surface area is 85.3 Å². The van der Waals surface area contributed by atoms with Crippen molar-refractivity contribution in [1.82, 2.24) is 10.3 Å². The summed E-state index contributed by atoms with van der Waals surface area (Å²) in [5, 5.41) is 0. The van der Waals surface area contributed by atoms with E-state index in [-0.39, 0.29) is 0 Å². The van der Waals surface area contributed by atoms with Crippen molar-refractivity contribution < 1.29 is 4.74 Å². The van der Waals surface area contributed by atoms with E-state index in [0.717, 1.165) is 25.0 Å². The second-order valence-electron chi connectivity index (χ2n) is 3.68. The Bertz CT molecular complexity index is 195. The number of nitrogens with one attached hydrogen (secondary N) is 1. The van der Waals surface area contributed by atoms with Crippen molar-refractivity contribution in [2.45, 2.75) is 13.3 Å². The molecule has 5 nitrogen and oxygen atoms in total. The Morgan fingerprint density at radius 1 is 1.71 bits per heavy atom. The number of rotatable bonds is 3. The van der Waals surface area contributed by atoms with E-state index in [9.17, 15) is 0 Å². The normalized spacial score (nSPS) is 22.9. The van der Waals surface area contributed by atoms with Crippen molar-refractivity contribution in [3.8, 4) is 0 Å². The summed E-state index contributed by atoms with van der Waals surface area (Å²) in [6.07, 6.45) is 1.21. The molecule has 1 rings (SSSR count). The molecule has 0 aromatic carbocycles. The molecule has 1 aliphatic heterocycles. The topological polar surface area (TPSA) is 62.9 Å². The fourth-order valence-electron chi connectivity index (χ4n) is 1.61. The number of aliphatic imine (C=N–C) groups is 1. The fourth-order valence-corrected chi connectivity index (χ4v) is 1.61. The van der Waals surface area contributed by atoms with Crippen LogP contribution in [0.2, 0.25) is 0 Å². The average molecular weight is 200 g/mol. The Hall–Kier alpha value is -0.810. The number of hydrogen-bond acceptors (Lipinski definition) is 3. The van der Waals surface area contributed by atoms with E-state index >= 15 is 0 Å². The predicted molar refractivity (Wildman–Crippen MR) is 56.9 cm³/mol. The molecule has 5 heteroatoms. The molecule has 0 bridgehead atoms. The number of ether oxygens (including phenoxy) is 1. The van der Waals surface area contributed by atoms with Gasteiger partial charge in [0.25, 0.3) is 0 Å². The lowest BCUT2D eigenvalue weighted by Gasteiger charge is -2.19. The molecule has 1 unspecified atom stereocenters. The molecule has 0 amide bonds. The van der Waals surface area contributed by atoms with E-state index in [4.69, 9.17) is 10.6 Å². The number of hydrazine groups is 1. The molecule has 3 N–H and O–H groups in total. The zero-order valence-electron chi connectivity index (χ0n) is 8.99. The molecule has 0 aromatic rings. The molecule has 0 radical (unpaired) electrons. The summed E-state index contributed by atoms with van der Waals surface area (Å²) in [6.45, 7) is 5.60. The second-order valence-corrected chi connectivity index (χ2v) is 3.68. The van der Waals surface area contributed by atoms with Gasteiger partial charge in [0.15, 0.2) is 0 Å². The standard InChI is InChI=1S/C9H20N4O/c1-8-3-5-13(7-8)9(12-10)11-4-6-14-2/h8H,3-7,10H2,1-2H3,(H,11,12). The molecule has 0 spiro atoms. The number of methoxy groups -OCH3 is 1. The summed E-state index contributed by atoms with van der Waals surface area (Å²) in [4.78, 5) is 6.51. The van der Waals surface area contributed by atoms with Crippen molar-refractivity contribution in [1.29, 1.82) is 0 Å². The van der Waals surface area contributed by atoms with Gasteiger partial charge in [-0.05, 0) is 12.3 Å². The first-order chi connectivity index (χ1) is 6.77. The number of nitrogens with zero attached hydrogens (tertiary/aromatic N) is 2. The highest BCUT2D eigenvalue weighted by Crippen LogP contribution is 2.14. The van der Waals surface area contributed by atoms with Crippen LogP contribution in [0.3, 0.4) is 0 Å². The Kier molecular flexibility index (Phi) is 4.69. The quantitative estimate of drug-likeness (QED) is 0.218. The van der Waals surface area contributed by atoms with Gasteiger partial charge >= 0.3 is 0 Å². The monoisotopic (exact) mass is 200 g/mol. The van der Waals surface area contributed by atoms with Crippen molar-refractivity contribution in [2.75, 3.05) is 33.4 Å². The minimum absolute atomic E-state index is 0.634. The Balaban J connectivity index is 2.40. The van der Waals surface area contributed by atoms with E-state index in [1.54, 1.807) is 7.11 Å². The molecule has 1 atom stereocenters. The maximum atomic E-state index is 5.42. The van der Waals surface area contributed by atoms with Gasteiger partial charge in [-0.2, -0.15) is 0 Å². The van der Waals surface area contributed by atoms with Crippen LogP contribution in [0.4, 0.5) is 0 Å². The molecule has 0 saturated carbocycles. The van der Waals surface area contributed by atoms with Gasteiger partial charge in [0, 0.05) is 20.2 Å². The third-order valence-corrected chi connectivity index (χ3v) is 2.41. The fraction of sp³-hybridized carbons (Fsp3) is 0.889. The second kappa shape index (κ2) is 5.82. The van der Waals surface area contributed by atoms with Crippen molar-refractivity contribution in [2.24, 2.45) is 16.8 Å². The van der Waals surface area contributed by atoms with Crippen LogP contribution in [0.25, 0.3) is 0 Å². The Morgan fingerprint density at radius 2 is 2.50 bits per heavy atom. The van der Waals surface area contributed by atoms with Crippen molar-refractivity contribution >= 4 is 5.96 Å². The van der Waals surface area contributed by atoms with E-state index in [1.807, 2.05) is 0 Å². The summed E-state index contributed by atoms with van der Waals surface area (Å²) < 4.78 is 4.93. The summed E-state index contributed by atoms with van der Waals surface area (Å²) in [7, 11) is 1.67. The molecule has 0 aliphatic carbocycles. The van der Waals surface area contributed by atoms with Gasteiger partial charge in [-0.15, -0.1) is 0 Å². The van der Waals surface area contributed by atoms with Crippen molar-refractivity contribution in [3.05, 3.63) is 0 Å². The highest BCUT2D eigenvalue weighted by atomic mass is 16.5. The molecule has 0 aromatic heterocycles. The number of likely N-dealkylation sites (tertiary alicyclic amines) is 1. The molecule has 14 heavy (non-hydrogen) atoms. The largest absolute Gasteiger partial charge is 0.383 e. The van der Waals surface area contributed by atoms with Gasteiger partial charge in [0.2, 0.25) is 5.96 Å². The molecule has 1 aliphatic rings. The highest BCUT2D eigenvalue weighted by Gasteiger charge is 2.20. The molecule has 1 heterocycles. The van der Waals surface area contributed by atoms with Crippen LogP contribution in [-0.2, 0) is 4.74 Å². The van der Waals surface area contributed by atoms with Crippen LogP contribution in [0.15, 0.2) is 4.99 Å². The van der Waals surface area contributed by atoms with Gasteiger partial charge in [-0.3, -0.25) is 5.43 Å². The van der Waals surface area contributed by atoms with E-state index < -0.39 is 0 Å². The maximum absolute atomic E-state index is 5.42. The lowest BCUT2D eigenvalue weighted by molar-refractivity contribution is 0.207. The Morgan fingerprint density at radius 3 is 3.00 bits per heavy atom. The van der Waals surface area contributed by atoms with Gasteiger partial charge in [-0.25, -0.2) is 10.8 Å². The SMILES string of the molecule is COCCN=C(NN)N1CCC(C)C1. The third kappa shape index (κ3) is 3.16. The van der Waals surface area contributed by atoms with Crippen LogP contribution in [0, 0.1) is 5.92 Å². The zero-order chi connectivity index (χ0) is 10.4. The van der Waals surface area contributed by atoms with Crippen LogP contribution < -0.4 is 11.3 Å². The first-order valence-electron chi connectivity index (χ1n) is 5.03. The van der Waals surface area contributed by atoms with Gasteiger partial charge in [0.1, 0.15) is 0 Å². The molecular formula is C9H20N4O. The summed E-state index contributed by atoms with van der Waals surface area (Å²) in [5.41, 5.74) is 2.64. The van der Waals surface area contributed by atoms with Crippen LogP contribution in [-0.4, -0.2) is 44.2 Å². The average Bonchev–Trinajstić information content (AvgIpc) is 2.60. The smallest absolute Gasteiger partial charge is 0.208 e. The summed E-state index contributed by atoms with van der Waals surface area (Å²) in [5.74, 6) is 6.93. The first-order valence-corrected chi connectivity index (χ1v) is 5.03. The van der Waals surface area contributed by atoms with Gasteiger partial charge in [0.05, 0.1) is 13.2 Å². The summed E-state index contributed by atoms with van der Waals surface area (Å²) in [6, 6.07) is 0. The highest BCUT2D eigenvalue weighted by molar-refractivity contribution is 5.79. The van der Waals surface area contributed by atoms with E-state index in [2.05, 4.69) is 22.2 Å². The predicted octanol–water partition coefficient (Wildman–Crippen LogP) is -0.206. The zero-order valence-corrected chi connectivity index (χ0v) is 8.99. The van der Waals surface area contributed by atoms with Crippen LogP contribution in [0.1, 0.15) is 13.3 Å². The van der Waals surface area contributed by atoms with E-state index in [1.165, 1.54) is 6.42 Å². The maximum Gasteiger partial charge on any atom is 0.208 e.